The largest absolute Gasteiger partial charge is 0.508 e. The molecule has 1 aliphatic heterocycles. The first-order chi connectivity index (χ1) is 14.5. The second-order valence-electron chi connectivity index (χ2n) is 8.27. The standard InChI is InChI=1S/C22H25ClN2O6/c1-11-6-13(23)5-4-12(11)9-22(2,3)24-10-17(27)15-7-14(26)8-16-18(15)31-19(21(29)30)20(28)25-16/h4-8,17,19,24,26-27H,9-10H2,1-3H3,(H,25,28)(H,29,30). The molecular weight excluding hydrogens is 424 g/mol. The second kappa shape index (κ2) is 8.74. The summed E-state index contributed by atoms with van der Waals surface area (Å²) in [6.45, 7) is 6.06. The minimum Gasteiger partial charge on any atom is -0.508 e. The van der Waals surface area contributed by atoms with Crippen molar-refractivity contribution in [3.63, 3.8) is 0 Å². The Balaban J connectivity index is 1.77. The highest BCUT2D eigenvalue weighted by atomic mass is 35.5. The van der Waals surface area contributed by atoms with Crippen molar-refractivity contribution in [2.24, 2.45) is 0 Å². The lowest BCUT2D eigenvalue weighted by Crippen LogP contribution is -2.44. The van der Waals surface area contributed by atoms with Crippen LogP contribution in [0.4, 0.5) is 5.69 Å². The molecule has 2 unspecified atom stereocenters. The van der Waals surface area contributed by atoms with Gasteiger partial charge in [-0.15, -0.1) is 0 Å². The fourth-order valence-electron chi connectivity index (χ4n) is 3.52. The van der Waals surface area contributed by atoms with Crippen LogP contribution in [-0.4, -0.2) is 45.4 Å². The van der Waals surface area contributed by atoms with E-state index in [4.69, 9.17) is 16.3 Å². The van der Waals surface area contributed by atoms with Gasteiger partial charge in [0.15, 0.2) is 5.75 Å². The maximum atomic E-state index is 11.9. The van der Waals surface area contributed by atoms with Gasteiger partial charge in [-0.3, -0.25) is 4.79 Å². The number of β-amino-alcohol motifs (C(OH)–C–C–N with tert-alkyl or cyclic N) is 1. The number of aliphatic hydroxyl groups excluding tert-OH is 1. The van der Waals surface area contributed by atoms with E-state index < -0.39 is 29.6 Å². The van der Waals surface area contributed by atoms with Crippen molar-refractivity contribution < 1.29 is 29.6 Å². The molecule has 0 bridgehead atoms. The number of aliphatic hydroxyl groups is 1. The minimum absolute atomic E-state index is 0.0189. The van der Waals surface area contributed by atoms with Gasteiger partial charge >= 0.3 is 5.97 Å². The Morgan fingerprint density at radius 1 is 1.32 bits per heavy atom. The van der Waals surface area contributed by atoms with Crippen LogP contribution in [0.5, 0.6) is 11.5 Å². The topological polar surface area (TPSA) is 128 Å². The maximum absolute atomic E-state index is 11.9. The lowest BCUT2D eigenvalue weighted by atomic mass is 9.92. The van der Waals surface area contributed by atoms with Gasteiger partial charge in [0.05, 0.1) is 11.8 Å². The molecule has 9 heteroatoms. The SMILES string of the molecule is Cc1cc(Cl)ccc1CC(C)(C)NCC(O)c1cc(O)cc2c1OC(C(=O)O)C(=O)N2. The molecule has 2 aromatic carbocycles. The van der Waals surface area contributed by atoms with Gasteiger partial charge in [0, 0.05) is 28.7 Å². The number of aromatic hydroxyl groups is 1. The normalized spacial score (nSPS) is 16.8. The summed E-state index contributed by atoms with van der Waals surface area (Å²) in [6.07, 6.45) is -2.19. The molecule has 0 spiro atoms. The number of aryl methyl sites for hydroxylation is 1. The van der Waals surface area contributed by atoms with E-state index in [1.807, 2.05) is 39.0 Å². The number of carbonyl (C=O) groups is 2. The number of carboxylic acids is 1. The van der Waals surface area contributed by atoms with Crippen molar-refractivity contribution in [2.75, 3.05) is 11.9 Å². The number of carbonyl (C=O) groups excluding carboxylic acids is 1. The number of anilines is 1. The smallest absolute Gasteiger partial charge is 0.354 e. The Hall–Kier alpha value is -2.81. The zero-order valence-electron chi connectivity index (χ0n) is 17.4. The molecule has 3 rings (SSSR count). The summed E-state index contributed by atoms with van der Waals surface area (Å²) >= 11 is 6.02. The van der Waals surface area contributed by atoms with Crippen LogP contribution in [0.2, 0.25) is 5.02 Å². The number of fused-ring (bicyclic) bond motifs is 1. The van der Waals surface area contributed by atoms with Gasteiger partial charge in [0.2, 0.25) is 0 Å². The Bertz CT molecular complexity index is 1020. The van der Waals surface area contributed by atoms with E-state index >= 15 is 0 Å². The molecule has 0 aliphatic carbocycles. The van der Waals surface area contributed by atoms with E-state index in [0.717, 1.165) is 11.1 Å². The average molecular weight is 449 g/mol. The summed E-state index contributed by atoms with van der Waals surface area (Å²) in [4.78, 5) is 23.2. The molecular formula is C22H25ClN2O6. The molecule has 1 heterocycles. The number of phenolic OH excluding ortho intramolecular Hbond substituents is 1. The van der Waals surface area contributed by atoms with Gasteiger partial charge in [0.1, 0.15) is 5.75 Å². The number of nitrogens with one attached hydrogen (secondary N) is 2. The Kier molecular flexibility index (Phi) is 6.45. The maximum Gasteiger partial charge on any atom is 0.354 e. The summed E-state index contributed by atoms with van der Waals surface area (Å²) < 4.78 is 5.34. The number of ether oxygens (including phenoxy) is 1. The number of halogens is 1. The molecule has 0 aromatic heterocycles. The predicted octanol–water partition coefficient (Wildman–Crippen LogP) is 2.78. The van der Waals surface area contributed by atoms with Crippen molar-refractivity contribution in [3.05, 3.63) is 52.0 Å². The lowest BCUT2D eigenvalue weighted by Gasteiger charge is -2.30. The molecule has 0 saturated heterocycles. The highest BCUT2D eigenvalue weighted by Crippen LogP contribution is 2.40. The number of benzene rings is 2. The summed E-state index contributed by atoms with van der Waals surface area (Å²) in [5, 5.41) is 36.3. The zero-order chi connectivity index (χ0) is 22.9. The van der Waals surface area contributed by atoms with Gasteiger partial charge in [-0.05, 0) is 56.5 Å². The van der Waals surface area contributed by atoms with Crippen LogP contribution in [0.1, 0.15) is 36.6 Å². The van der Waals surface area contributed by atoms with Gasteiger partial charge in [-0.25, -0.2) is 4.79 Å². The third-order valence-corrected chi connectivity index (χ3v) is 5.36. The van der Waals surface area contributed by atoms with E-state index in [1.165, 1.54) is 12.1 Å². The number of hydrogen-bond donors (Lipinski definition) is 5. The highest BCUT2D eigenvalue weighted by Gasteiger charge is 2.36. The van der Waals surface area contributed by atoms with Crippen LogP contribution in [-0.2, 0) is 16.0 Å². The van der Waals surface area contributed by atoms with Crippen LogP contribution in [0, 0.1) is 6.92 Å². The molecule has 2 atom stereocenters. The zero-order valence-corrected chi connectivity index (χ0v) is 18.2. The third-order valence-electron chi connectivity index (χ3n) is 5.13. The van der Waals surface area contributed by atoms with Crippen molar-refractivity contribution in [1.82, 2.24) is 5.32 Å². The van der Waals surface area contributed by atoms with Crippen molar-refractivity contribution in [2.45, 2.75) is 44.9 Å². The number of carboxylic acid groups (broad SMARTS) is 1. The number of amides is 1. The summed E-state index contributed by atoms with van der Waals surface area (Å²) in [5.41, 5.74) is 2.06. The Labute approximate surface area is 184 Å². The van der Waals surface area contributed by atoms with E-state index in [-0.39, 0.29) is 29.3 Å². The van der Waals surface area contributed by atoms with Crippen molar-refractivity contribution in [1.29, 1.82) is 0 Å². The van der Waals surface area contributed by atoms with Crippen LogP contribution >= 0.6 is 11.6 Å². The molecule has 31 heavy (non-hydrogen) atoms. The first kappa shape index (κ1) is 22.9. The van der Waals surface area contributed by atoms with E-state index in [1.54, 1.807) is 0 Å². The number of aliphatic carboxylic acids is 1. The molecule has 166 valence electrons. The predicted molar refractivity (Wildman–Crippen MR) is 116 cm³/mol. The molecule has 5 N–H and O–H groups in total. The minimum atomic E-state index is -1.74. The molecule has 0 fully saturated rings. The highest BCUT2D eigenvalue weighted by molar-refractivity contribution is 6.30. The lowest BCUT2D eigenvalue weighted by molar-refractivity contribution is -0.149. The quantitative estimate of drug-likeness (QED) is 0.412. The fraction of sp³-hybridized carbons (Fsp3) is 0.364. The summed E-state index contributed by atoms with van der Waals surface area (Å²) in [7, 11) is 0. The van der Waals surface area contributed by atoms with Gasteiger partial charge < -0.3 is 30.7 Å². The van der Waals surface area contributed by atoms with Crippen LogP contribution in [0.25, 0.3) is 0 Å². The molecule has 0 radical (unpaired) electrons. The van der Waals surface area contributed by atoms with E-state index in [2.05, 4.69) is 10.6 Å². The van der Waals surface area contributed by atoms with Crippen molar-refractivity contribution >= 4 is 29.2 Å². The van der Waals surface area contributed by atoms with Crippen LogP contribution in [0.15, 0.2) is 30.3 Å². The average Bonchev–Trinajstić information content (AvgIpc) is 2.67. The van der Waals surface area contributed by atoms with Crippen molar-refractivity contribution in [3.8, 4) is 11.5 Å². The summed E-state index contributed by atoms with van der Waals surface area (Å²) in [5.74, 6) is -2.48. The van der Waals surface area contributed by atoms with E-state index in [9.17, 15) is 24.9 Å². The number of rotatable bonds is 7. The van der Waals surface area contributed by atoms with Crippen LogP contribution < -0.4 is 15.4 Å². The van der Waals surface area contributed by atoms with E-state index in [0.29, 0.717) is 11.4 Å². The number of hydrogen-bond acceptors (Lipinski definition) is 6. The van der Waals surface area contributed by atoms with Crippen LogP contribution in [0.3, 0.4) is 0 Å². The summed E-state index contributed by atoms with van der Waals surface area (Å²) in [6, 6.07) is 8.22. The Morgan fingerprint density at radius 2 is 2.03 bits per heavy atom. The first-order valence-electron chi connectivity index (χ1n) is 9.72. The Morgan fingerprint density at radius 3 is 2.68 bits per heavy atom. The van der Waals surface area contributed by atoms with Gasteiger partial charge in [0.25, 0.3) is 12.0 Å². The molecule has 1 aliphatic rings. The molecule has 8 nitrogen and oxygen atoms in total. The second-order valence-corrected chi connectivity index (χ2v) is 8.70. The fourth-order valence-corrected chi connectivity index (χ4v) is 3.75. The van der Waals surface area contributed by atoms with Gasteiger partial charge in [-0.2, -0.15) is 0 Å². The number of phenols is 1. The molecule has 1 amide bonds. The third kappa shape index (κ3) is 5.28. The van der Waals surface area contributed by atoms with Gasteiger partial charge in [-0.1, -0.05) is 17.7 Å². The molecule has 2 aromatic rings. The monoisotopic (exact) mass is 448 g/mol. The molecule has 0 saturated carbocycles. The first-order valence-corrected chi connectivity index (χ1v) is 10.1.